The van der Waals surface area contributed by atoms with Gasteiger partial charge in [-0.1, -0.05) is 22.0 Å². The Kier molecular flexibility index (Phi) is 5.41. The molecule has 0 aliphatic carbocycles. The van der Waals surface area contributed by atoms with Crippen molar-refractivity contribution in [2.45, 2.75) is 52.6 Å². The van der Waals surface area contributed by atoms with Crippen LogP contribution in [-0.2, 0) is 25.9 Å². The third-order valence-electron chi connectivity index (χ3n) is 5.99. The van der Waals surface area contributed by atoms with E-state index in [-0.39, 0.29) is 0 Å². The molecule has 156 valence electrons. The summed E-state index contributed by atoms with van der Waals surface area (Å²) in [5.41, 5.74) is 9.66. The van der Waals surface area contributed by atoms with Gasteiger partial charge in [-0.25, -0.2) is 9.97 Å². The second-order valence-electron chi connectivity index (χ2n) is 7.99. The molecule has 0 N–H and O–H groups in total. The summed E-state index contributed by atoms with van der Waals surface area (Å²) in [5, 5.41) is 1.22. The maximum atomic E-state index is 6.17. The zero-order chi connectivity index (χ0) is 21.2. The zero-order valence-electron chi connectivity index (χ0n) is 16.7. The number of imidazole rings is 2. The summed E-state index contributed by atoms with van der Waals surface area (Å²) in [6, 6.07) is 4.35. The molecule has 4 heterocycles. The topological polar surface area (TPSA) is 35.6 Å². The minimum Gasteiger partial charge on any atom is -0.314 e. The van der Waals surface area contributed by atoms with Gasteiger partial charge in [-0.3, -0.25) is 0 Å². The van der Waals surface area contributed by atoms with Crippen molar-refractivity contribution in [3.63, 3.8) is 0 Å². The van der Waals surface area contributed by atoms with Crippen molar-refractivity contribution in [1.29, 1.82) is 0 Å². The SMILES string of the molecule is Cc1c(Br)c2c3c(nc(Cl)n3CCC2)c1Br.Cc1cc2c3c(c1)nc(Cl)n3CCC2. The van der Waals surface area contributed by atoms with Crippen LogP contribution in [0.15, 0.2) is 21.1 Å². The maximum Gasteiger partial charge on any atom is 0.203 e. The zero-order valence-corrected chi connectivity index (χ0v) is 21.4. The molecule has 8 heteroatoms. The first-order valence-electron chi connectivity index (χ1n) is 10.0. The van der Waals surface area contributed by atoms with E-state index in [1.807, 2.05) is 0 Å². The summed E-state index contributed by atoms with van der Waals surface area (Å²) >= 11 is 19.5. The molecule has 0 amide bonds. The van der Waals surface area contributed by atoms with Gasteiger partial charge in [0.1, 0.15) is 5.52 Å². The molecule has 2 aliphatic rings. The summed E-state index contributed by atoms with van der Waals surface area (Å²) < 4.78 is 6.45. The quantitative estimate of drug-likeness (QED) is 0.221. The van der Waals surface area contributed by atoms with Gasteiger partial charge in [0.05, 0.1) is 16.6 Å². The van der Waals surface area contributed by atoms with E-state index in [2.05, 4.69) is 76.9 Å². The molecular formula is C22H20Br2Cl2N4. The largest absolute Gasteiger partial charge is 0.314 e. The molecule has 0 bridgehead atoms. The molecule has 2 aromatic carbocycles. The number of aromatic nitrogens is 4. The monoisotopic (exact) mass is 568 g/mol. The molecule has 0 atom stereocenters. The summed E-state index contributed by atoms with van der Waals surface area (Å²) in [6.07, 6.45) is 4.53. The lowest BCUT2D eigenvalue weighted by Gasteiger charge is -2.18. The van der Waals surface area contributed by atoms with E-state index in [1.54, 1.807) is 0 Å². The Morgan fingerprint density at radius 3 is 2.30 bits per heavy atom. The number of nitrogens with zero attached hydrogens (tertiary/aromatic N) is 4. The van der Waals surface area contributed by atoms with Crippen LogP contribution in [0.1, 0.15) is 35.1 Å². The normalized spacial score (nSPS) is 14.9. The van der Waals surface area contributed by atoms with Crippen molar-refractivity contribution in [2.24, 2.45) is 0 Å². The molecule has 30 heavy (non-hydrogen) atoms. The maximum absolute atomic E-state index is 6.17. The minimum atomic E-state index is 0.592. The average Bonchev–Trinajstić information content (AvgIpc) is 3.24. The first-order chi connectivity index (χ1) is 14.4. The fraction of sp³-hybridized carbons (Fsp3) is 0.364. The lowest BCUT2D eigenvalue weighted by Crippen LogP contribution is -2.08. The highest BCUT2D eigenvalue weighted by atomic mass is 79.9. The van der Waals surface area contributed by atoms with Crippen LogP contribution < -0.4 is 0 Å². The van der Waals surface area contributed by atoms with Crippen molar-refractivity contribution in [1.82, 2.24) is 19.1 Å². The van der Waals surface area contributed by atoms with Gasteiger partial charge >= 0.3 is 0 Å². The Bertz CT molecular complexity index is 1320. The summed E-state index contributed by atoms with van der Waals surface area (Å²) in [5.74, 6) is 0. The highest BCUT2D eigenvalue weighted by Crippen LogP contribution is 2.40. The Balaban J connectivity index is 0.000000130. The van der Waals surface area contributed by atoms with E-state index in [4.69, 9.17) is 23.2 Å². The third kappa shape index (κ3) is 3.22. The van der Waals surface area contributed by atoms with Crippen LogP contribution in [-0.4, -0.2) is 19.1 Å². The summed E-state index contributed by atoms with van der Waals surface area (Å²) in [6.45, 7) is 6.17. The van der Waals surface area contributed by atoms with Gasteiger partial charge < -0.3 is 9.13 Å². The van der Waals surface area contributed by atoms with Crippen LogP contribution in [0.5, 0.6) is 0 Å². The highest BCUT2D eigenvalue weighted by Gasteiger charge is 2.23. The van der Waals surface area contributed by atoms with Gasteiger partial charge in [0, 0.05) is 22.0 Å². The van der Waals surface area contributed by atoms with E-state index in [0.717, 1.165) is 47.9 Å². The Labute approximate surface area is 201 Å². The van der Waals surface area contributed by atoms with Crippen molar-refractivity contribution in [3.05, 3.63) is 53.9 Å². The minimum absolute atomic E-state index is 0.592. The molecule has 6 rings (SSSR count). The van der Waals surface area contributed by atoms with Crippen LogP contribution in [0.4, 0.5) is 0 Å². The standard InChI is InChI=1S/C11H9Br2ClN2.C11H11ClN2/c1-5-7(12)6-3-2-4-16-10(6)9(8(5)13)15-11(16)14;1-7-5-8-3-2-4-14-10(8)9(6-7)13-11(14)12/h2-4H2,1H3;5-6H,2-4H2,1H3. The lowest BCUT2D eigenvalue weighted by molar-refractivity contribution is 0.631. The van der Waals surface area contributed by atoms with Crippen LogP contribution in [0.25, 0.3) is 22.1 Å². The molecule has 0 radical (unpaired) electrons. The van der Waals surface area contributed by atoms with E-state index < -0.39 is 0 Å². The summed E-state index contributed by atoms with van der Waals surface area (Å²) in [7, 11) is 0. The van der Waals surface area contributed by atoms with E-state index >= 15 is 0 Å². The molecule has 0 spiro atoms. The second-order valence-corrected chi connectivity index (χ2v) is 10.3. The lowest BCUT2D eigenvalue weighted by atomic mass is 10.0. The van der Waals surface area contributed by atoms with Crippen LogP contribution in [0.3, 0.4) is 0 Å². The van der Waals surface area contributed by atoms with Crippen molar-refractivity contribution in [2.75, 3.05) is 0 Å². The first kappa shape index (κ1) is 20.8. The van der Waals surface area contributed by atoms with E-state index in [0.29, 0.717) is 10.6 Å². The Morgan fingerprint density at radius 2 is 1.53 bits per heavy atom. The predicted molar refractivity (Wildman–Crippen MR) is 131 cm³/mol. The van der Waals surface area contributed by atoms with Crippen molar-refractivity contribution in [3.8, 4) is 0 Å². The van der Waals surface area contributed by atoms with Gasteiger partial charge in [0.15, 0.2) is 0 Å². The first-order valence-corrected chi connectivity index (χ1v) is 12.4. The van der Waals surface area contributed by atoms with Gasteiger partial charge in [0.25, 0.3) is 0 Å². The van der Waals surface area contributed by atoms with E-state index in [1.165, 1.54) is 44.2 Å². The molecule has 2 aliphatic heterocycles. The fourth-order valence-corrected chi connectivity index (χ4v) is 6.48. The van der Waals surface area contributed by atoms with Crippen LogP contribution in [0, 0.1) is 13.8 Å². The number of hydrogen-bond acceptors (Lipinski definition) is 2. The van der Waals surface area contributed by atoms with Gasteiger partial charge in [0.2, 0.25) is 10.6 Å². The van der Waals surface area contributed by atoms with Gasteiger partial charge in [-0.15, -0.1) is 0 Å². The Hall–Kier alpha value is -1.08. The van der Waals surface area contributed by atoms with Crippen LogP contribution >= 0.6 is 55.1 Å². The molecular weight excluding hydrogens is 551 g/mol. The molecule has 2 aromatic heterocycles. The molecule has 0 saturated carbocycles. The second kappa shape index (κ2) is 7.80. The Morgan fingerprint density at radius 1 is 0.867 bits per heavy atom. The smallest absolute Gasteiger partial charge is 0.203 e. The molecule has 0 fully saturated rings. The summed E-state index contributed by atoms with van der Waals surface area (Å²) in [4.78, 5) is 8.82. The number of aryl methyl sites for hydroxylation is 5. The third-order valence-corrected chi connectivity index (χ3v) is 8.61. The number of hydrogen-bond donors (Lipinski definition) is 0. The number of halogens is 4. The molecule has 0 unspecified atom stereocenters. The van der Waals surface area contributed by atoms with E-state index in [9.17, 15) is 0 Å². The number of benzene rings is 2. The van der Waals surface area contributed by atoms with Crippen molar-refractivity contribution >= 4 is 77.1 Å². The molecule has 4 aromatic rings. The average molecular weight is 571 g/mol. The van der Waals surface area contributed by atoms with Gasteiger partial charge in [-0.05, 0) is 107 Å². The highest BCUT2D eigenvalue weighted by molar-refractivity contribution is 9.11. The predicted octanol–water partition coefficient (Wildman–Crippen LogP) is 7.41. The molecule has 4 nitrogen and oxygen atoms in total. The van der Waals surface area contributed by atoms with Crippen molar-refractivity contribution < 1.29 is 0 Å². The molecule has 0 saturated heterocycles. The number of rotatable bonds is 0. The van der Waals surface area contributed by atoms with Gasteiger partial charge in [-0.2, -0.15) is 0 Å². The van der Waals surface area contributed by atoms with Crippen LogP contribution in [0.2, 0.25) is 10.6 Å². The fourth-order valence-electron chi connectivity index (χ4n) is 4.64.